The number of hydrogen-bond donors (Lipinski definition) is 1. The normalized spacial score (nSPS) is 11.2. The van der Waals surface area contributed by atoms with Crippen molar-refractivity contribution in [3.05, 3.63) is 65.5 Å². The third-order valence-corrected chi connectivity index (χ3v) is 4.49. The van der Waals surface area contributed by atoms with Gasteiger partial charge in [0.15, 0.2) is 0 Å². The first-order valence-electron chi connectivity index (χ1n) is 6.94. The molecule has 2 rings (SSSR count). The van der Waals surface area contributed by atoms with Gasteiger partial charge in [-0.3, -0.25) is 0 Å². The lowest BCUT2D eigenvalue weighted by atomic mass is 10.1. The van der Waals surface area contributed by atoms with Crippen molar-refractivity contribution in [1.82, 2.24) is 4.72 Å². The Morgan fingerprint density at radius 2 is 1.78 bits per heavy atom. The van der Waals surface area contributed by atoms with Gasteiger partial charge in [-0.2, -0.15) is 0 Å². The molecule has 0 saturated carbocycles. The van der Waals surface area contributed by atoms with E-state index in [1.165, 1.54) is 18.2 Å². The molecular weight excluding hydrogens is 321 g/mol. The highest BCUT2D eigenvalue weighted by molar-refractivity contribution is 7.89. The fourth-order valence-electron chi connectivity index (χ4n) is 1.89. The lowest BCUT2D eigenvalue weighted by molar-refractivity contribution is 0.0526. The minimum Gasteiger partial charge on any atom is -0.462 e. The quantitative estimate of drug-likeness (QED) is 0.822. The largest absolute Gasteiger partial charge is 0.462 e. The van der Waals surface area contributed by atoms with Crippen LogP contribution in [0.3, 0.4) is 0 Å². The maximum absolute atomic E-state index is 13.6. The molecule has 122 valence electrons. The van der Waals surface area contributed by atoms with Crippen LogP contribution in [0.5, 0.6) is 0 Å². The first-order valence-corrected chi connectivity index (χ1v) is 8.42. The van der Waals surface area contributed by atoms with Crippen molar-refractivity contribution in [1.29, 1.82) is 0 Å². The van der Waals surface area contributed by atoms with E-state index in [1.54, 1.807) is 31.2 Å². The molecule has 2 aromatic rings. The molecule has 1 N–H and O–H groups in total. The van der Waals surface area contributed by atoms with E-state index in [0.29, 0.717) is 11.1 Å². The second-order valence-corrected chi connectivity index (χ2v) is 6.41. The molecule has 23 heavy (non-hydrogen) atoms. The molecule has 0 aliphatic rings. The van der Waals surface area contributed by atoms with E-state index >= 15 is 0 Å². The fourth-order valence-corrected chi connectivity index (χ4v) is 2.99. The number of carbonyl (C=O) groups excluding carboxylic acids is 1. The number of nitrogens with one attached hydrogen (secondary N) is 1. The van der Waals surface area contributed by atoms with Crippen molar-refractivity contribution in [3.63, 3.8) is 0 Å². The number of rotatable bonds is 6. The van der Waals surface area contributed by atoms with Gasteiger partial charge in [-0.05, 0) is 36.8 Å². The van der Waals surface area contributed by atoms with Gasteiger partial charge < -0.3 is 4.74 Å². The molecule has 0 atom stereocenters. The van der Waals surface area contributed by atoms with Crippen molar-refractivity contribution in [2.45, 2.75) is 18.4 Å². The molecule has 0 aliphatic carbocycles. The van der Waals surface area contributed by atoms with Gasteiger partial charge in [0, 0.05) is 6.54 Å². The Morgan fingerprint density at radius 1 is 1.13 bits per heavy atom. The molecular formula is C16H16FNO4S. The number of halogens is 1. The summed E-state index contributed by atoms with van der Waals surface area (Å²) < 4.78 is 44.9. The molecule has 5 nitrogen and oxygen atoms in total. The molecule has 0 bridgehead atoms. The molecule has 0 amide bonds. The minimum atomic E-state index is -3.94. The minimum absolute atomic E-state index is 0.0141. The predicted octanol–water partition coefficient (Wildman–Crippen LogP) is 2.48. The van der Waals surface area contributed by atoms with Crippen molar-refractivity contribution < 1.29 is 22.3 Å². The molecule has 0 heterocycles. The highest BCUT2D eigenvalue weighted by Crippen LogP contribution is 2.14. The third kappa shape index (κ3) is 4.37. The molecule has 0 aromatic heterocycles. The van der Waals surface area contributed by atoms with E-state index in [-0.39, 0.29) is 13.2 Å². The number of esters is 1. The Morgan fingerprint density at radius 3 is 2.39 bits per heavy atom. The average molecular weight is 337 g/mol. The number of ether oxygens (including phenoxy) is 1. The van der Waals surface area contributed by atoms with E-state index in [1.807, 2.05) is 0 Å². The summed E-state index contributed by atoms with van der Waals surface area (Å²) >= 11 is 0. The van der Waals surface area contributed by atoms with Crippen molar-refractivity contribution in [2.24, 2.45) is 0 Å². The van der Waals surface area contributed by atoms with Crippen LogP contribution in [0.4, 0.5) is 4.39 Å². The van der Waals surface area contributed by atoms with Crippen LogP contribution in [-0.4, -0.2) is 21.0 Å². The van der Waals surface area contributed by atoms with Gasteiger partial charge in [0.2, 0.25) is 10.0 Å². The van der Waals surface area contributed by atoms with Gasteiger partial charge in [0.1, 0.15) is 10.7 Å². The summed E-state index contributed by atoms with van der Waals surface area (Å²) in [5.41, 5.74) is 1.02. The second-order valence-electron chi connectivity index (χ2n) is 4.67. The summed E-state index contributed by atoms with van der Waals surface area (Å²) in [6, 6.07) is 11.5. The third-order valence-electron chi connectivity index (χ3n) is 3.06. The molecule has 0 saturated heterocycles. The number of benzene rings is 2. The Hall–Kier alpha value is -2.25. The van der Waals surface area contributed by atoms with Gasteiger partial charge in [0.25, 0.3) is 0 Å². The first-order chi connectivity index (χ1) is 10.9. The zero-order valence-electron chi connectivity index (χ0n) is 12.5. The maximum Gasteiger partial charge on any atom is 0.338 e. The van der Waals surface area contributed by atoms with Crippen LogP contribution in [0.25, 0.3) is 0 Å². The standard InChI is InChI=1S/C16H16FNO4S/c1-2-22-16(19)13-9-7-12(8-10-13)11-18-23(20,21)15-6-4-3-5-14(15)17/h3-10,18H,2,11H2,1H3. The molecule has 0 spiro atoms. The predicted molar refractivity (Wildman–Crippen MR) is 82.8 cm³/mol. The molecule has 0 fully saturated rings. The topological polar surface area (TPSA) is 72.5 Å². The monoisotopic (exact) mass is 337 g/mol. The number of carbonyl (C=O) groups is 1. The highest BCUT2D eigenvalue weighted by Gasteiger charge is 2.18. The van der Waals surface area contributed by atoms with E-state index in [2.05, 4.69) is 4.72 Å². The lowest BCUT2D eigenvalue weighted by Gasteiger charge is -2.08. The van der Waals surface area contributed by atoms with Gasteiger partial charge in [-0.15, -0.1) is 0 Å². The summed E-state index contributed by atoms with van der Waals surface area (Å²) in [5, 5.41) is 0. The summed E-state index contributed by atoms with van der Waals surface area (Å²) in [6.07, 6.45) is 0. The van der Waals surface area contributed by atoms with Gasteiger partial charge in [-0.1, -0.05) is 24.3 Å². The van der Waals surface area contributed by atoms with Crippen LogP contribution in [0, 0.1) is 5.82 Å². The smallest absolute Gasteiger partial charge is 0.338 e. The molecule has 7 heteroatoms. The number of hydrogen-bond acceptors (Lipinski definition) is 4. The van der Waals surface area contributed by atoms with Crippen LogP contribution in [0.1, 0.15) is 22.8 Å². The Labute approximate surface area is 134 Å². The van der Waals surface area contributed by atoms with Crippen molar-refractivity contribution in [3.8, 4) is 0 Å². The van der Waals surface area contributed by atoms with E-state index < -0.39 is 26.7 Å². The van der Waals surface area contributed by atoms with E-state index in [4.69, 9.17) is 4.74 Å². The van der Waals surface area contributed by atoms with Crippen molar-refractivity contribution in [2.75, 3.05) is 6.61 Å². The van der Waals surface area contributed by atoms with Gasteiger partial charge in [0.05, 0.1) is 12.2 Å². The molecule has 0 aliphatic heterocycles. The summed E-state index contributed by atoms with van der Waals surface area (Å²) in [5.74, 6) is -1.25. The molecule has 2 aromatic carbocycles. The van der Waals surface area contributed by atoms with Crippen LogP contribution >= 0.6 is 0 Å². The lowest BCUT2D eigenvalue weighted by Crippen LogP contribution is -2.24. The maximum atomic E-state index is 13.6. The SMILES string of the molecule is CCOC(=O)c1ccc(CNS(=O)(=O)c2ccccc2F)cc1. The molecule has 0 unspecified atom stereocenters. The zero-order valence-corrected chi connectivity index (χ0v) is 13.3. The average Bonchev–Trinajstić information content (AvgIpc) is 2.54. The number of sulfonamides is 1. The van der Waals surface area contributed by atoms with Gasteiger partial charge in [-0.25, -0.2) is 22.3 Å². The second kappa shape index (κ2) is 7.34. The van der Waals surface area contributed by atoms with Crippen LogP contribution in [0.2, 0.25) is 0 Å². The zero-order chi connectivity index (χ0) is 16.9. The van der Waals surface area contributed by atoms with Crippen LogP contribution < -0.4 is 4.72 Å². The fraction of sp³-hybridized carbons (Fsp3) is 0.188. The first kappa shape index (κ1) is 17.1. The van der Waals surface area contributed by atoms with Crippen LogP contribution in [-0.2, 0) is 21.3 Å². The Balaban J connectivity index is 2.06. The van der Waals surface area contributed by atoms with Crippen LogP contribution in [0.15, 0.2) is 53.4 Å². The Kier molecular flexibility index (Phi) is 5.46. The molecule has 0 radical (unpaired) electrons. The summed E-state index contributed by atoms with van der Waals surface area (Å²) in [7, 11) is -3.94. The van der Waals surface area contributed by atoms with Gasteiger partial charge >= 0.3 is 5.97 Å². The highest BCUT2D eigenvalue weighted by atomic mass is 32.2. The summed E-state index contributed by atoms with van der Waals surface area (Å²) in [6.45, 7) is 1.98. The summed E-state index contributed by atoms with van der Waals surface area (Å²) in [4.78, 5) is 11.1. The van der Waals surface area contributed by atoms with E-state index in [9.17, 15) is 17.6 Å². The van der Waals surface area contributed by atoms with E-state index in [0.717, 1.165) is 6.07 Å². The van der Waals surface area contributed by atoms with Crippen molar-refractivity contribution >= 4 is 16.0 Å². The Bertz CT molecular complexity index is 788.